The summed E-state index contributed by atoms with van der Waals surface area (Å²) in [5.74, 6) is -2.89. The van der Waals surface area contributed by atoms with E-state index in [-0.39, 0.29) is 17.1 Å². The Hall–Kier alpha value is -3.81. The van der Waals surface area contributed by atoms with Gasteiger partial charge < -0.3 is 24.6 Å². The highest BCUT2D eigenvalue weighted by molar-refractivity contribution is 6.46. The Bertz CT molecular complexity index is 997. The molecule has 0 saturated carbocycles. The number of Topliss-reactive ketones (excluding diaryl/α,β-unsaturated/α-hetero) is 1. The molecule has 1 aliphatic rings. The summed E-state index contributed by atoms with van der Waals surface area (Å²) in [4.78, 5) is 37.6. The van der Waals surface area contributed by atoms with Crippen molar-refractivity contribution >= 4 is 23.4 Å². The molecule has 0 aliphatic carbocycles. The van der Waals surface area contributed by atoms with E-state index in [1.54, 1.807) is 48.5 Å². The molecule has 29 heavy (non-hydrogen) atoms. The molecule has 0 spiro atoms. The van der Waals surface area contributed by atoms with Crippen LogP contribution in [0.2, 0.25) is 0 Å². The number of carboxylic acid groups (broad SMARTS) is 1. The maximum atomic E-state index is 12.8. The maximum Gasteiger partial charge on any atom is 0.323 e. The molecule has 0 bridgehead atoms. The van der Waals surface area contributed by atoms with Crippen LogP contribution in [0.15, 0.2) is 54.1 Å². The van der Waals surface area contributed by atoms with E-state index < -0.39 is 30.2 Å². The number of carbonyl (C=O) groups excluding carboxylic acids is 2. The summed E-state index contributed by atoms with van der Waals surface area (Å²) < 4.78 is 10.5. The van der Waals surface area contributed by atoms with Gasteiger partial charge in [0.1, 0.15) is 23.8 Å². The number of aliphatic hydroxyl groups excluding tert-OH is 1. The van der Waals surface area contributed by atoms with Crippen LogP contribution < -0.4 is 9.47 Å². The monoisotopic (exact) mass is 397 g/mol. The number of rotatable bonds is 6. The van der Waals surface area contributed by atoms with Crippen LogP contribution in [0.4, 0.5) is 0 Å². The summed E-state index contributed by atoms with van der Waals surface area (Å²) in [6.07, 6.45) is 0. The number of carboxylic acids is 1. The van der Waals surface area contributed by atoms with Gasteiger partial charge in [0, 0.05) is 17.2 Å². The highest BCUT2D eigenvalue weighted by Gasteiger charge is 2.47. The summed E-state index contributed by atoms with van der Waals surface area (Å²) in [6, 6.07) is 11.8. The number of benzene rings is 2. The Morgan fingerprint density at radius 2 is 1.72 bits per heavy atom. The van der Waals surface area contributed by atoms with E-state index in [0.717, 1.165) is 4.90 Å². The number of likely N-dealkylation sites (tertiary alicyclic amines) is 1. The van der Waals surface area contributed by atoms with Crippen LogP contribution in [0, 0.1) is 0 Å². The first-order valence-corrected chi connectivity index (χ1v) is 8.66. The summed E-state index contributed by atoms with van der Waals surface area (Å²) >= 11 is 0. The number of methoxy groups -OCH3 is 2. The lowest BCUT2D eigenvalue weighted by Gasteiger charge is -2.25. The number of aliphatic hydroxyl groups is 1. The molecule has 8 heteroatoms. The first-order valence-electron chi connectivity index (χ1n) is 8.66. The summed E-state index contributed by atoms with van der Waals surface area (Å²) in [6.45, 7) is -0.712. The van der Waals surface area contributed by atoms with Crippen LogP contribution in [-0.4, -0.2) is 53.5 Å². The molecular weight excluding hydrogens is 378 g/mol. The minimum absolute atomic E-state index is 0.203. The lowest BCUT2D eigenvalue weighted by atomic mass is 9.94. The van der Waals surface area contributed by atoms with Gasteiger partial charge in [-0.25, -0.2) is 0 Å². The van der Waals surface area contributed by atoms with Gasteiger partial charge in [0.15, 0.2) is 0 Å². The van der Waals surface area contributed by atoms with Gasteiger partial charge >= 0.3 is 5.97 Å². The lowest BCUT2D eigenvalue weighted by molar-refractivity contribution is -0.146. The summed E-state index contributed by atoms with van der Waals surface area (Å²) in [5.41, 5.74) is 0.482. The molecule has 1 amide bonds. The van der Waals surface area contributed by atoms with Crippen LogP contribution in [0.25, 0.3) is 5.76 Å². The molecule has 2 aromatic carbocycles. The molecule has 2 aromatic rings. The second-order valence-electron chi connectivity index (χ2n) is 6.29. The standard InChI is InChI=1S/C21H19NO7/c1-28-13-8-9-14(15(10-13)29-2)18-17(19(25)12-6-4-3-5-7-12)20(26)21(27)22(18)11-16(23)24/h3-10,18,25H,11H2,1-2H3,(H,23,24)/b19-17+/t18-/m1/s1. The fraction of sp³-hybridized carbons (Fsp3) is 0.190. The molecule has 1 heterocycles. The van der Waals surface area contributed by atoms with Gasteiger partial charge in [-0.15, -0.1) is 0 Å². The molecule has 1 fully saturated rings. The lowest BCUT2D eigenvalue weighted by Crippen LogP contribution is -2.34. The zero-order chi connectivity index (χ0) is 21.1. The van der Waals surface area contributed by atoms with E-state index >= 15 is 0 Å². The molecule has 2 N–H and O–H groups in total. The second kappa shape index (κ2) is 8.05. The van der Waals surface area contributed by atoms with Gasteiger partial charge in [-0.05, 0) is 12.1 Å². The number of amides is 1. The van der Waals surface area contributed by atoms with Crippen LogP contribution in [0.3, 0.4) is 0 Å². The van der Waals surface area contributed by atoms with Crippen molar-refractivity contribution in [1.82, 2.24) is 4.90 Å². The Labute approximate surface area is 166 Å². The fourth-order valence-corrected chi connectivity index (χ4v) is 3.31. The van der Waals surface area contributed by atoms with Crippen molar-refractivity contribution in [2.45, 2.75) is 6.04 Å². The van der Waals surface area contributed by atoms with Crippen LogP contribution in [0.1, 0.15) is 17.2 Å². The number of ether oxygens (including phenoxy) is 2. The van der Waals surface area contributed by atoms with E-state index in [4.69, 9.17) is 9.47 Å². The molecule has 1 aliphatic heterocycles. The van der Waals surface area contributed by atoms with E-state index in [1.807, 2.05) is 0 Å². The summed E-state index contributed by atoms with van der Waals surface area (Å²) in [7, 11) is 2.87. The van der Waals surface area contributed by atoms with Crippen molar-refractivity contribution in [3.63, 3.8) is 0 Å². The van der Waals surface area contributed by atoms with Crippen LogP contribution in [-0.2, 0) is 14.4 Å². The van der Waals surface area contributed by atoms with Crippen molar-refractivity contribution in [3.8, 4) is 11.5 Å². The van der Waals surface area contributed by atoms with Gasteiger partial charge in [-0.3, -0.25) is 14.4 Å². The number of carbonyl (C=O) groups is 3. The average molecular weight is 397 g/mol. The van der Waals surface area contributed by atoms with E-state index in [2.05, 4.69) is 0 Å². The third kappa shape index (κ3) is 3.64. The fourth-order valence-electron chi connectivity index (χ4n) is 3.31. The van der Waals surface area contributed by atoms with Gasteiger partial charge in [-0.1, -0.05) is 30.3 Å². The molecular formula is C21H19NO7. The van der Waals surface area contributed by atoms with Crippen molar-refractivity contribution in [3.05, 3.63) is 65.2 Å². The first kappa shape index (κ1) is 19.9. The van der Waals surface area contributed by atoms with Crippen LogP contribution >= 0.6 is 0 Å². The smallest absolute Gasteiger partial charge is 0.323 e. The number of hydrogen-bond acceptors (Lipinski definition) is 6. The highest BCUT2D eigenvalue weighted by atomic mass is 16.5. The molecule has 8 nitrogen and oxygen atoms in total. The molecule has 3 rings (SSSR count). The SMILES string of the molecule is COc1ccc([C@@H]2/C(=C(\O)c3ccccc3)C(=O)C(=O)N2CC(=O)O)c(OC)c1. The minimum Gasteiger partial charge on any atom is -0.507 e. The Morgan fingerprint density at radius 1 is 1.03 bits per heavy atom. The summed E-state index contributed by atoms with van der Waals surface area (Å²) in [5, 5.41) is 20.1. The normalized spacial score (nSPS) is 18.0. The molecule has 150 valence electrons. The van der Waals surface area contributed by atoms with E-state index in [9.17, 15) is 24.6 Å². The first-order chi connectivity index (χ1) is 13.9. The quantitative estimate of drug-likeness (QED) is 0.436. The number of nitrogens with zero attached hydrogens (tertiary/aromatic N) is 1. The number of aliphatic carboxylic acids is 1. The number of ketones is 1. The Balaban J connectivity index is 2.25. The van der Waals surface area contributed by atoms with E-state index in [1.165, 1.54) is 14.2 Å². The molecule has 0 radical (unpaired) electrons. The largest absolute Gasteiger partial charge is 0.507 e. The molecule has 0 aromatic heterocycles. The van der Waals surface area contributed by atoms with Crippen LogP contribution in [0.5, 0.6) is 11.5 Å². The van der Waals surface area contributed by atoms with Gasteiger partial charge in [0.2, 0.25) is 0 Å². The zero-order valence-electron chi connectivity index (χ0n) is 15.8. The molecule has 1 saturated heterocycles. The van der Waals surface area contributed by atoms with Gasteiger partial charge in [0.25, 0.3) is 11.7 Å². The third-order valence-corrected chi connectivity index (χ3v) is 4.63. The predicted octanol–water partition coefficient (Wildman–Crippen LogP) is 2.21. The average Bonchev–Trinajstić information content (AvgIpc) is 2.97. The van der Waals surface area contributed by atoms with E-state index in [0.29, 0.717) is 16.9 Å². The molecule has 1 atom stereocenters. The number of hydrogen-bond donors (Lipinski definition) is 2. The topological polar surface area (TPSA) is 113 Å². The third-order valence-electron chi connectivity index (χ3n) is 4.63. The van der Waals surface area contributed by atoms with Crippen molar-refractivity contribution in [2.24, 2.45) is 0 Å². The van der Waals surface area contributed by atoms with Crippen molar-refractivity contribution < 1.29 is 34.1 Å². The highest BCUT2D eigenvalue weighted by Crippen LogP contribution is 2.43. The maximum absolute atomic E-state index is 12.8. The van der Waals surface area contributed by atoms with Crippen molar-refractivity contribution in [1.29, 1.82) is 0 Å². The minimum atomic E-state index is -1.29. The van der Waals surface area contributed by atoms with Gasteiger partial charge in [0.05, 0.1) is 25.8 Å². The predicted molar refractivity (Wildman–Crippen MR) is 103 cm³/mol. The molecule has 0 unspecified atom stereocenters. The second-order valence-corrected chi connectivity index (χ2v) is 6.29. The van der Waals surface area contributed by atoms with Crippen molar-refractivity contribution in [2.75, 3.05) is 20.8 Å². The Morgan fingerprint density at radius 3 is 2.31 bits per heavy atom. The Kier molecular flexibility index (Phi) is 5.54. The zero-order valence-corrected chi connectivity index (χ0v) is 15.8. The van der Waals surface area contributed by atoms with Gasteiger partial charge in [-0.2, -0.15) is 0 Å².